The maximum atomic E-state index is 13.1. The number of amides is 1. The van der Waals surface area contributed by atoms with Crippen molar-refractivity contribution in [1.82, 2.24) is 14.7 Å². The van der Waals surface area contributed by atoms with E-state index in [0.29, 0.717) is 17.8 Å². The number of carbonyl (C=O) groups is 1. The first-order valence-corrected chi connectivity index (χ1v) is 8.23. The monoisotopic (exact) mass is 331 g/mol. The Morgan fingerprint density at radius 1 is 1.33 bits per heavy atom. The molecule has 0 aliphatic carbocycles. The fourth-order valence-corrected chi connectivity index (χ4v) is 3.23. The maximum Gasteiger partial charge on any atom is 0.257 e. The van der Waals surface area contributed by atoms with Gasteiger partial charge in [-0.1, -0.05) is 0 Å². The Morgan fingerprint density at radius 2 is 2.04 bits per heavy atom. The van der Waals surface area contributed by atoms with Crippen molar-refractivity contribution in [2.24, 2.45) is 5.92 Å². The zero-order valence-electron chi connectivity index (χ0n) is 13.9. The Bertz CT molecular complexity index is 726. The van der Waals surface area contributed by atoms with Crippen LogP contribution in [0.4, 0.5) is 4.39 Å². The molecule has 1 saturated heterocycles. The Kier molecular flexibility index (Phi) is 4.66. The lowest BCUT2D eigenvalue weighted by Gasteiger charge is -2.37. The largest absolute Gasteiger partial charge is 0.396 e. The summed E-state index contributed by atoms with van der Waals surface area (Å²) in [6.45, 7) is 4.54. The third-order valence-electron chi connectivity index (χ3n) is 4.81. The molecule has 2 heterocycles. The van der Waals surface area contributed by atoms with Gasteiger partial charge >= 0.3 is 0 Å². The summed E-state index contributed by atoms with van der Waals surface area (Å²) >= 11 is 0. The van der Waals surface area contributed by atoms with E-state index >= 15 is 0 Å². The van der Waals surface area contributed by atoms with Gasteiger partial charge in [0.2, 0.25) is 0 Å². The van der Waals surface area contributed by atoms with Gasteiger partial charge in [-0.25, -0.2) is 9.07 Å². The lowest BCUT2D eigenvalue weighted by Crippen LogP contribution is -2.46. The number of likely N-dealkylation sites (tertiary alicyclic amines) is 1. The highest BCUT2D eigenvalue weighted by Crippen LogP contribution is 2.25. The molecule has 1 aromatic carbocycles. The van der Waals surface area contributed by atoms with E-state index in [4.69, 9.17) is 0 Å². The van der Waals surface area contributed by atoms with Gasteiger partial charge in [0, 0.05) is 19.2 Å². The van der Waals surface area contributed by atoms with Gasteiger partial charge in [-0.2, -0.15) is 5.10 Å². The van der Waals surface area contributed by atoms with Crippen LogP contribution in [-0.2, 0) is 0 Å². The molecule has 1 N–H and O–H groups in total. The van der Waals surface area contributed by atoms with Gasteiger partial charge < -0.3 is 10.0 Å². The zero-order valence-corrected chi connectivity index (χ0v) is 13.9. The van der Waals surface area contributed by atoms with Crippen LogP contribution in [0.15, 0.2) is 30.5 Å². The summed E-state index contributed by atoms with van der Waals surface area (Å²) in [4.78, 5) is 14.7. The second-order valence-corrected chi connectivity index (χ2v) is 6.46. The lowest BCUT2D eigenvalue weighted by atomic mass is 9.93. The summed E-state index contributed by atoms with van der Waals surface area (Å²) in [5, 5.41) is 13.7. The molecule has 24 heavy (non-hydrogen) atoms. The number of rotatable bonds is 3. The van der Waals surface area contributed by atoms with Crippen LogP contribution in [0.5, 0.6) is 0 Å². The van der Waals surface area contributed by atoms with Crippen LogP contribution in [0.3, 0.4) is 0 Å². The zero-order chi connectivity index (χ0) is 17.3. The lowest BCUT2D eigenvalue weighted by molar-refractivity contribution is 0.0488. The minimum Gasteiger partial charge on any atom is -0.396 e. The molecule has 3 rings (SSSR count). The number of halogens is 1. The van der Waals surface area contributed by atoms with Crippen molar-refractivity contribution < 1.29 is 14.3 Å². The van der Waals surface area contributed by atoms with E-state index in [2.05, 4.69) is 5.10 Å². The highest BCUT2D eigenvalue weighted by Gasteiger charge is 2.31. The number of piperidine rings is 1. The molecule has 5 nitrogen and oxygen atoms in total. The second-order valence-electron chi connectivity index (χ2n) is 6.46. The van der Waals surface area contributed by atoms with Gasteiger partial charge in [-0.15, -0.1) is 0 Å². The quantitative estimate of drug-likeness (QED) is 0.940. The topological polar surface area (TPSA) is 58.4 Å². The molecule has 1 fully saturated rings. The van der Waals surface area contributed by atoms with Crippen LogP contribution in [-0.4, -0.2) is 44.9 Å². The summed E-state index contributed by atoms with van der Waals surface area (Å²) in [5.41, 5.74) is 1.99. The van der Waals surface area contributed by atoms with Crippen LogP contribution in [0.25, 0.3) is 5.69 Å². The third-order valence-corrected chi connectivity index (χ3v) is 4.81. The molecule has 1 amide bonds. The molecule has 128 valence electrons. The van der Waals surface area contributed by atoms with Crippen molar-refractivity contribution in [1.29, 1.82) is 0 Å². The second kappa shape index (κ2) is 6.73. The van der Waals surface area contributed by atoms with Crippen LogP contribution < -0.4 is 0 Å². The predicted molar refractivity (Wildman–Crippen MR) is 88.6 cm³/mol. The molecule has 1 aliphatic heterocycles. The molecule has 2 atom stereocenters. The van der Waals surface area contributed by atoms with Gasteiger partial charge in [0.25, 0.3) is 5.91 Å². The normalized spacial score (nSPS) is 21.1. The van der Waals surface area contributed by atoms with Crippen LogP contribution in [0.1, 0.15) is 35.8 Å². The average molecular weight is 331 g/mol. The summed E-state index contributed by atoms with van der Waals surface area (Å²) in [7, 11) is 0. The van der Waals surface area contributed by atoms with Gasteiger partial charge in [-0.05, 0) is 56.9 Å². The van der Waals surface area contributed by atoms with Crippen LogP contribution >= 0.6 is 0 Å². The Hall–Kier alpha value is -2.21. The minimum atomic E-state index is -0.308. The third kappa shape index (κ3) is 3.06. The molecule has 6 heteroatoms. The summed E-state index contributed by atoms with van der Waals surface area (Å²) in [5.74, 6) is -0.235. The first-order valence-electron chi connectivity index (χ1n) is 8.23. The van der Waals surface area contributed by atoms with Crippen molar-refractivity contribution in [3.05, 3.63) is 47.5 Å². The van der Waals surface area contributed by atoms with E-state index in [1.54, 1.807) is 23.0 Å². The standard InChI is InChI=1S/C18H22FN3O2/c1-12-3-4-14(11-23)10-21(12)18(24)17-9-20-22(13(17)2)16-7-5-15(19)6-8-16/h5-9,12,14,23H,3-4,10-11H2,1-2H3. The first kappa shape index (κ1) is 16.6. The Morgan fingerprint density at radius 3 is 2.71 bits per heavy atom. The van der Waals surface area contributed by atoms with Gasteiger partial charge in [-0.3, -0.25) is 4.79 Å². The number of aliphatic hydroxyl groups is 1. The number of carbonyl (C=O) groups excluding carboxylic acids is 1. The highest BCUT2D eigenvalue weighted by molar-refractivity contribution is 5.95. The molecule has 0 radical (unpaired) electrons. The molecular weight excluding hydrogens is 309 g/mol. The molecule has 0 bridgehead atoms. The Balaban J connectivity index is 1.87. The minimum absolute atomic E-state index is 0.0634. The molecular formula is C18H22FN3O2. The molecule has 1 aliphatic rings. The smallest absolute Gasteiger partial charge is 0.257 e. The summed E-state index contributed by atoms with van der Waals surface area (Å²) in [6.07, 6.45) is 3.40. The van der Waals surface area contributed by atoms with Crippen LogP contribution in [0, 0.1) is 18.7 Å². The highest BCUT2D eigenvalue weighted by atomic mass is 19.1. The van der Waals surface area contributed by atoms with Crippen molar-refractivity contribution in [2.75, 3.05) is 13.2 Å². The van der Waals surface area contributed by atoms with E-state index in [1.807, 2.05) is 18.7 Å². The van der Waals surface area contributed by atoms with Crippen molar-refractivity contribution in [2.45, 2.75) is 32.7 Å². The number of nitrogens with zero attached hydrogens (tertiary/aromatic N) is 3. The number of hydrogen-bond acceptors (Lipinski definition) is 3. The average Bonchev–Trinajstić information content (AvgIpc) is 2.97. The van der Waals surface area contributed by atoms with E-state index in [9.17, 15) is 14.3 Å². The maximum absolute atomic E-state index is 13.1. The number of aromatic nitrogens is 2. The molecule has 2 unspecified atom stereocenters. The van der Waals surface area contributed by atoms with Crippen LogP contribution in [0.2, 0.25) is 0 Å². The van der Waals surface area contributed by atoms with E-state index in [-0.39, 0.29) is 30.3 Å². The van der Waals surface area contributed by atoms with E-state index in [0.717, 1.165) is 18.5 Å². The molecule has 0 saturated carbocycles. The Labute approximate surface area is 140 Å². The van der Waals surface area contributed by atoms with Gasteiger partial charge in [0.1, 0.15) is 5.82 Å². The fourth-order valence-electron chi connectivity index (χ4n) is 3.23. The van der Waals surface area contributed by atoms with Crippen molar-refractivity contribution in [3.63, 3.8) is 0 Å². The van der Waals surface area contributed by atoms with Crippen molar-refractivity contribution in [3.8, 4) is 5.69 Å². The summed E-state index contributed by atoms with van der Waals surface area (Å²) in [6, 6.07) is 6.16. The van der Waals surface area contributed by atoms with Gasteiger partial charge in [0.05, 0.1) is 23.1 Å². The number of aliphatic hydroxyl groups excluding tert-OH is 1. The number of hydrogen-bond donors (Lipinski definition) is 1. The molecule has 1 aromatic heterocycles. The van der Waals surface area contributed by atoms with E-state index in [1.165, 1.54) is 12.1 Å². The molecule has 2 aromatic rings. The van der Waals surface area contributed by atoms with Gasteiger partial charge in [0.15, 0.2) is 0 Å². The summed E-state index contributed by atoms with van der Waals surface area (Å²) < 4.78 is 14.7. The predicted octanol–water partition coefficient (Wildman–Crippen LogP) is 2.55. The van der Waals surface area contributed by atoms with Crippen molar-refractivity contribution >= 4 is 5.91 Å². The van der Waals surface area contributed by atoms with E-state index < -0.39 is 0 Å². The SMILES string of the molecule is Cc1c(C(=O)N2CC(CO)CCC2C)cnn1-c1ccc(F)cc1. The fraction of sp³-hybridized carbons (Fsp3) is 0.444. The number of benzene rings is 1. The molecule has 0 spiro atoms. The first-order chi connectivity index (χ1) is 11.5.